The zero-order valence-corrected chi connectivity index (χ0v) is 18.2. The second-order valence-corrected chi connectivity index (χ2v) is 9.11. The maximum Gasteiger partial charge on any atom is 0.416 e. The minimum absolute atomic E-state index is 0.230. The molecule has 0 fully saturated rings. The number of rotatable bonds is 8. The van der Waals surface area contributed by atoms with Gasteiger partial charge in [-0.2, -0.15) is 13.2 Å². The molecule has 0 aliphatic carbocycles. The van der Waals surface area contributed by atoms with Crippen LogP contribution in [0.1, 0.15) is 16.8 Å². The maximum absolute atomic E-state index is 13.0. The summed E-state index contributed by atoms with van der Waals surface area (Å²) in [6.07, 6.45) is -2.73. The molecular formula is C19H20F3N4O3S2+. The van der Waals surface area contributed by atoms with Gasteiger partial charge in [-0.3, -0.25) is 4.79 Å². The number of imidazole rings is 1. The van der Waals surface area contributed by atoms with Gasteiger partial charge in [0.05, 0.1) is 24.6 Å². The molecule has 166 valence electrons. The lowest BCUT2D eigenvalue weighted by Gasteiger charge is -2.12. The first-order valence-corrected chi connectivity index (χ1v) is 11.5. The molecule has 1 atom stereocenters. The Bertz CT molecular complexity index is 1100. The summed E-state index contributed by atoms with van der Waals surface area (Å²) >= 11 is 0. The van der Waals surface area contributed by atoms with Crippen molar-refractivity contribution < 1.29 is 32.4 Å². The van der Waals surface area contributed by atoms with E-state index in [1.165, 1.54) is 27.7 Å². The van der Waals surface area contributed by atoms with Crippen molar-refractivity contribution in [1.82, 2.24) is 9.97 Å². The molecule has 0 saturated heterocycles. The maximum atomic E-state index is 13.0. The van der Waals surface area contributed by atoms with E-state index in [4.69, 9.17) is 15.6 Å². The van der Waals surface area contributed by atoms with Crippen LogP contribution in [-0.2, 0) is 16.7 Å². The lowest BCUT2D eigenvalue weighted by molar-refractivity contribution is -0.610. The van der Waals surface area contributed by atoms with Crippen LogP contribution in [0.15, 0.2) is 30.5 Å². The minimum atomic E-state index is -4.45. The van der Waals surface area contributed by atoms with E-state index < -0.39 is 23.8 Å². The number of nitrogens with one attached hydrogen (secondary N) is 1. The van der Waals surface area contributed by atoms with Crippen molar-refractivity contribution in [3.63, 3.8) is 0 Å². The Balaban J connectivity index is 1.93. The molecule has 1 unspecified atom stereocenters. The first-order chi connectivity index (χ1) is 14.6. The zero-order chi connectivity index (χ0) is 22.8. The third-order valence-electron chi connectivity index (χ3n) is 4.56. The number of nitrogens with two attached hydrogens (primary N) is 1. The van der Waals surface area contributed by atoms with Gasteiger partial charge < -0.3 is 15.6 Å². The average molecular weight is 474 g/mol. The van der Waals surface area contributed by atoms with E-state index in [1.807, 2.05) is 6.92 Å². The highest BCUT2D eigenvalue weighted by molar-refractivity contribution is 8.76. The van der Waals surface area contributed by atoms with Crippen LogP contribution in [0.4, 0.5) is 13.2 Å². The van der Waals surface area contributed by atoms with Gasteiger partial charge in [0.15, 0.2) is 5.52 Å². The zero-order valence-electron chi connectivity index (χ0n) is 16.6. The molecule has 31 heavy (non-hydrogen) atoms. The quantitative estimate of drug-likeness (QED) is 0.261. The van der Waals surface area contributed by atoms with Crippen LogP contribution in [-0.4, -0.2) is 39.9 Å². The lowest BCUT2D eigenvalue weighted by Crippen LogP contribution is -2.37. The molecule has 0 radical (unpaired) electrons. The normalized spacial score (nSPS) is 12.8. The number of methoxy groups -OCH3 is 1. The Morgan fingerprint density at radius 3 is 2.74 bits per heavy atom. The standard InChI is InChI=1S/C19H19F3N4O3S2/c1-10-15(9-31-30-8-12(23)17(27)28)26(6-5-16(10)29-2)18-24-13-4-3-11(19(20,21)22)7-14(13)25-18/h3-7,12H,8-9,23H2,1-2H3,(H-,24,25,27,28)/p+1. The fourth-order valence-electron chi connectivity index (χ4n) is 2.85. The predicted octanol–water partition coefficient (Wildman–Crippen LogP) is 3.47. The van der Waals surface area contributed by atoms with Crippen molar-refractivity contribution in [2.24, 2.45) is 5.73 Å². The number of hydrogen-bond acceptors (Lipinski definition) is 6. The van der Waals surface area contributed by atoms with E-state index in [0.717, 1.165) is 23.4 Å². The van der Waals surface area contributed by atoms with Crippen molar-refractivity contribution in [1.29, 1.82) is 0 Å². The number of hydrogen-bond donors (Lipinski definition) is 3. The average Bonchev–Trinajstić information content (AvgIpc) is 3.14. The first-order valence-electron chi connectivity index (χ1n) is 9.00. The SMILES string of the molecule is COc1cc[n+](-c2nc3ccc(C(F)(F)F)cc3[nH]2)c(CSSCC(N)C(=O)O)c1C. The lowest BCUT2D eigenvalue weighted by atomic mass is 10.2. The summed E-state index contributed by atoms with van der Waals surface area (Å²) < 4.78 is 46.2. The summed E-state index contributed by atoms with van der Waals surface area (Å²) in [6.45, 7) is 1.86. The van der Waals surface area contributed by atoms with Crippen LogP contribution < -0.4 is 15.0 Å². The molecule has 12 heteroatoms. The number of benzene rings is 1. The second kappa shape index (κ2) is 9.37. The van der Waals surface area contributed by atoms with Gasteiger partial charge in [0, 0.05) is 17.4 Å². The Labute approximate surface area is 183 Å². The molecule has 2 heterocycles. The van der Waals surface area contributed by atoms with E-state index in [2.05, 4.69) is 9.97 Å². The number of aromatic amines is 1. The molecular weight excluding hydrogens is 453 g/mol. The van der Waals surface area contributed by atoms with Gasteiger partial charge in [0.1, 0.15) is 23.0 Å². The molecule has 0 aliphatic rings. The number of carbonyl (C=O) groups is 1. The summed E-state index contributed by atoms with van der Waals surface area (Å²) in [5, 5.41) is 8.89. The number of alkyl halides is 3. The van der Waals surface area contributed by atoms with Gasteiger partial charge in [-0.1, -0.05) is 26.6 Å². The molecule has 7 nitrogen and oxygen atoms in total. The monoisotopic (exact) mass is 473 g/mol. The molecule has 3 aromatic rings. The number of H-pyrrole nitrogens is 1. The van der Waals surface area contributed by atoms with Crippen LogP contribution in [0.25, 0.3) is 17.0 Å². The van der Waals surface area contributed by atoms with E-state index in [-0.39, 0.29) is 11.3 Å². The Hall–Kier alpha value is -2.44. The molecule has 0 bridgehead atoms. The first kappa shape index (κ1) is 23.2. The van der Waals surface area contributed by atoms with Crippen LogP contribution in [0.5, 0.6) is 5.75 Å². The smallest absolute Gasteiger partial charge is 0.416 e. The molecule has 4 N–H and O–H groups in total. The van der Waals surface area contributed by atoms with Crippen molar-refractivity contribution in [2.75, 3.05) is 12.9 Å². The number of aliphatic carboxylic acids is 1. The molecule has 0 aliphatic heterocycles. The van der Waals surface area contributed by atoms with E-state index >= 15 is 0 Å². The number of carboxylic acid groups (broad SMARTS) is 1. The van der Waals surface area contributed by atoms with Gasteiger partial charge in [-0.15, -0.1) is 0 Å². The number of nitrogens with zero attached hydrogens (tertiary/aromatic N) is 2. The summed E-state index contributed by atoms with van der Waals surface area (Å²) in [4.78, 5) is 18.2. The largest absolute Gasteiger partial charge is 0.496 e. The highest BCUT2D eigenvalue weighted by Gasteiger charge is 2.32. The molecule has 0 saturated carbocycles. The fraction of sp³-hybridized carbons (Fsp3) is 0.316. The summed E-state index contributed by atoms with van der Waals surface area (Å²) in [5.74, 6) is 0.636. The van der Waals surface area contributed by atoms with Crippen molar-refractivity contribution in [3.05, 3.63) is 47.3 Å². The third-order valence-corrected chi connectivity index (χ3v) is 6.87. The minimum Gasteiger partial charge on any atom is -0.496 e. The van der Waals surface area contributed by atoms with Gasteiger partial charge in [-0.05, 0) is 25.1 Å². The van der Waals surface area contributed by atoms with Gasteiger partial charge >= 0.3 is 18.1 Å². The third kappa shape index (κ3) is 5.25. The van der Waals surface area contributed by atoms with Crippen LogP contribution in [0.3, 0.4) is 0 Å². The second-order valence-electron chi connectivity index (χ2n) is 6.61. The summed E-state index contributed by atoms with van der Waals surface area (Å²) in [7, 11) is 4.28. The Morgan fingerprint density at radius 1 is 1.35 bits per heavy atom. The number of aromatic nitrogens is 3. The molecule has 3 rings (SSSR count). The van der Waals surface area contributed by atoms with E-state index in [9.17, 15) is 18.0 Å². The number of halogens is 3. The van der Waals surface area contributed by atoms with E-state index in [1.54, 1.807) is 23.9 Å². The molecule has 0 amide bonds. The van der Waals surface area contributed by atoms with Crippen molar-refractivity contribution >= 4 is 38.6 Å². The number of ether oxygens (including phenoxy) is 1. The number of pyridine rings is 1. The van der Waals surface area contributed by atoms with E-state index in [0.29, 0.717) is 23.0 Å². The van der Waals surface area contributed by atoms with Crippen molar-refractivity contribution in [3.8, 4) is 11.7 Å². The highest BCUT2D eigenvalue weighted by atomic mass is 33.1. The molecule has 0 spiro atoms. The predicted molar refractivity (Wildman–Crippen MR) is 113 cm³/mol. The van der Waals surface area contributed by atoms with Crippen LogP contribution in [0, 0.1) is 6.92 Å². The fourth-order valence-corrected chi connectivity index (χ4v) is 5.10. The number of carboxylic acids is 1. The number of fused-ring (bicyclic) bond motifs is 1. The van der Waals surface area contributed by atoms with Gasteiger partial charge in [-0.25, -0.2) is 9.55 Å². The Morgan fingerprint density at radius 2 is 2.10 bits per heavy atom. The molecule has 2 aromatic heterocycles. The van der Waals surface area contributed by atoms with Crippen molar-refractivity contribution in [2.45, 2.75) is 24.9 Å². The Kier molecular flexibility index (Phi) is 7.02. The van der Waals surface area contributed by atoms with Gasteiger partial charge in [0.2, 0.25) is 0 Å². The molecule has 1 aromatic carbocycles. The summed E-state index contributed by atoms with van der Waals surface area (Å²) in [6, 6.07) is 4.13. The van der Waals surface area contributed by atoms with Crippen LogP contribution >= 0.6 is 21.6 Å². The topological polar surface area (TPSA) is 105 Å². The van der Waals surface area contributed by atoms with Crippen LogP contribution in [0.2, 0.25) is 0 Å². The highest BCUT2D eigenvalue weighted by Crippen LogP contribution is 2.32. The van der Waals surface area contributed by atoms with Gasteiger partial charge in [0.25, 0.3) is 0 Å². The summed E-state index contributed by atoms with van der Waals surface area (Å²) in [5.41, 5.74) is 7.08.